The molecule has 8 nitrogen and oxygen atoms in total. The van der Waals surface area contributed by atoms with E-state index in [1.807, 2.05) is 48.9 Å². The summed E-state index contributed by atoms with van der Waals surface area (Å²) in [4.78, 5) is 28.5. The van der Waals surface area contributed by atoms with Crippen molar-refractivity contribution in [1.29, 1.82) is 0 Å². The summed E-state index contributed by atoms with van der Waals surface area (Å²) in [7, 11) is 0. The Labute approximate surface area is 157 Å². The number of hydrogen-bond donors (Lipinski definition) is 2. The van der Waals surface area contributed by atoms with Gasteiger partial charge in [0.25, 0.3) is 5.91 Å². The van der Waals surface area contributed by atoms with Crippen molar-refractivity contribution in [3.8, 4) is 0 Å². The van der Waals surface area contributed by atoms with Gasteiger partial charge in [0, 0.05) is 31.2 Å². The lowest BCUT2D eigenvalue weighted by Gasteiger charge is -2.09. The van der Waals surface area contributed by atoms with Gasteiger partial charge in [0.1, 0.15) is 5.69 Å². The van der Waals surface area contributed by atoms with Crippen molar-refractivity contribution in [2.75, 3.05) is 11.9 Å². The molecule has 8 heteroatoms. The number of rotatable bonds is 7. The Morgan fingerprint density at radius 1 is 1.22 bits per heavy atom. The molecule has 3 aromatic rings. The fraction of sp³-hybridized carbons (Fsp3) is 0.263. The zero-order chi connectivity index (χ0) is 19.2. The van der Waals surface area contributed by atoms with Crippen LogP contribution in [0.1, 0.15) is 28.7 Å². The zero-order valence-electron chi connectivity index (χ0n) is 15.3. The molecule has 2 amide bonds. The van der Waals surface area contributed by atoms with Crippen LogP contribution in [0.2, 0.25) is 0 Å². The number of amides is 2. The molecule has 0 fully saturated rings. The lowest BCUT2D eigenvalue weighted by molar-refractivity contribution is -0.115. The van der Waals surface area contributed by atoms with Gasteiger partial charge in [-0.05, 0) is 37.6 Å². The Hall–Kier alpha value is -3.42. The van der Waals surface area contributed by atoms with Crippen LogP contribution < -0.4 is 10.6 Å². The molecule has 0 saturated carbocycles. The van der Waals surface area contributed by atoms with Crippen molar-refractivity contribution >= 4 is 17.5 Å². The largest absolute Gasteiger partial charge is 0.342 e. The summed E-state index contributed by atoms with van der Waals surface area (Å²) < 4.78 is 3.56. The van der Waals surface area contributed by atoms with Gasteiger partial charge in [0.2, 0.25) is 5.91 Å². The molecule has 2 aromatic heterocycles. The monoisotopic (exact) mass is 366 g/mol. The fourth-order valence-corrected chi connectivity index (χ4v) is 2.76. The Kier molecular flexibility index (Phi) is 5.65. The number of carbonyl (C=O) groups excluding carboxylic acids is 2. The lowest BCUT2D eigenvalue weighted by Crippen LogP contribution is -2.34. The third kappa shape index (κ3) is 4.81. The number of nitrogens with one attached hydrogen (secondary N) is 2. The Morgan fingerprint density at radius 2 is 2.07 bits per heavy atom. The second-order valence-electron chi connectivity index (χ2n) is 6.15. The Morgan fingerprint density at radius 3 is 2.81 bits per heavy atom. The molecule has 27 heavy (non-hydrogen) atoms. The molecule has 0 aliphatic rings. The van der Waals surface area contributed by atoms with E-state index in [1.165, 1.54) is 0 Å². The molecule has 0 atom stereocenters. The molecule has 0 bridgehead atoms. The lowest BCUT2D eigenvalue weighted by atomic mass is 10.2. The molecule has 0 saturated heterocycles. The molecule has 0 radical (unpaired) electrons. The van der Waals surface area contributed by atoms with Gasteiger partial charge in [-0.1, -0.05) is 12.1 Å². The van der Waals surface area contributed by atoms with E-state index in [2.05, 4.69) is 20.7 Å². The van der Waals surface area contributed by atoms with E-state index >= 15 is 0 Å². The predicted molar refractivity (Wildman–Crippen MR) is 101 cm³/mol. The number of anilines is 1. The summed E-state index contributed by atoms with van der Waals surface area (Å²) in [6, 6.07) is 9.27. The van der Waals surface area contributed by atoms with Crippen molar-refractivity contribution in [3.05, 3.63) is 66.0 Å². The Bertz CT molecular complexity index is 930. The first-order valence-electron chi connectivity index (χ1n) is 8.72. The topological polar surface area (TPSA) is 93.8 Å². The third-order valence-electron chi connectivity index (χ3n) is 3.98. The molecule has 0 unspecified atom stereocenters. The fourth-order valence-electron chi connectivity index (χ4n) is 2.76. The molecule has 0 aliphatic heterocycles. The number of aromatic nitrogens is 4. The van der Waals surface area contributed by atoms with Gasteiger partial charge in [0.05, 0.1) is 18.6 Å². The number of benzene rings is 1. The van der Waals surface area contributed by atoms with Crippen LogP contribution in [0, 0.1) is 6.92 Å². The van der Waals surface area contributed by atoms with Crippen molar-refractivity contribution in [2.45, 2.75) is 26.9 Å². The SMILES string of the molecule is CCn1nc(C)cc1C(=O)NCC(=O)Nc1cccc(Cn2ccnc2)c1. The summed E-state index contributed by atoms with van der Waals surface area (Å²) in [5.74, 6) is -0.608. The first kappa shape index (κ1) is 18.4. The zero-order valence-corrected chi connectivity index (χ0v) is 15.3. The highest BCUT2D eigenvalue weighted by molar-refractivity contribution is 5.98. The second-order valence-corrected chi connectivity index (χ2v) is 6.15. The third-order valence-corrected chi connectivity index (χ3v) is 3.98. The summed E-state index contributed by atoms with van der Waals surface area (Å²) >= 11 is 0. The number of nitrogens with zero attached hydrogens (tertiary/aromatic N) is 4. The van der Waals surface area contributed by atoms with Crippen LogP contribution in [0.5, 0.6) is 0 Å². The van der Waals surface area contributed by atoms with Gasteiger partial charge in [-0.15, -0.1) is 0 Å². The minimum absolute atomic E-state index is 0.113. The molecule has 0 spiro atoms. The quantitative estimate of drug-likeness (QED) is 0.667. The summed E-state index contributed by atoms with van der Waals surface area (Å²) in [5.41, 5.74) is 2.93. The van der Waals surface area contributed by atoms with Gasteiger partial charge in [-0.25, -0.2) is 4.98 Å². The molecule has 1 aromatic carbocycles. The van der Waals surface area contributed by atoms with Crippen LogP contribution in [0.3, 0.4) is 0 Å². The van der Waals surface area contributed by atoms with Crippen molar-refractivity contribution in [1.82, 2.24) is 24.6 Å². The minimum Gasteiger partial charge on any atom is -0.342 e. The van der Waals surface area contributed by atoms with Gasteiger partial charge in [0.15, 0.2) is 0 Å². The van der Waals surface area contributed by atoms with Gasteiger partial charge >= 0.3 is 0 Å². The maximum atomic E-state index is 12.3. The van der Waals surface area contributed by atoms with Crippen molar-refractivity contribution < 1.29 is 9.59 Å². The molecular formula is C19H22N6O2. The summed E-state index contributed by atoms with van der Waals surface area (Å²) in [6.45, 7) is 4.88. The number of imidazole rings is 1. The minimum atomic E-state index is -0.318. The van der Waals surface area contributed by atoms with Gasteiger partial charge in [-0.3, -0.25) is 14.3 Å². The maximum Gasteiger partial charge on any atom is 0.269 e. The molecule has 0 aliphatic carbocycles. The first-order valence-corrected chi connectivity index (χ1v) is 8.72. The second kappa shape index (κ2) is 8.31. The molecule has 2 N–H and O–H groups in total. The van der Waals surface area contributed by atoms with E-state index in [0.717, 1.165) is 11.3 Å². The highest BCUT2D eigenvalue weighted by Gasteiger charge is 2.14. The molecule has 140 valence electrons. The summed E-state index contributed by atoms with van der Waals surface area (Å²) in [5, 5.41) is 9.67. The summed E-state index contributed by atoms with van der Waals surface area (Å²) in [6.07, 6.45) is 5.34. The molecule has 3 rings (SSSR count). The van der Waals surface area contributed by atoms with Crippen LogP contribution in [0.15, 0.2) is 49.1 Å². The van der Waals surface area contributed by atoms with Crippen LogP contribution in [0.25, 0.3) is 0 Å². The molecular weight excluding hydrogens is 344 g/mol. The molecule has 2 heterocycles. The predicted octanol–water partition coefficient (Wildman–Crippen LogP) is 1.82. The van der Waals surface area contributed by atoms with Crippen LogP contribution in [0.4, 0.5) is 5.69 Å². The highest BCUT2D eigenvalue weighted by Crippen LogP contribution is 2.12. The van der Waals surface area contributed by atoms with Crippen LogP contribution >= 0.6 is 0 Å². The number of carbonyl (C=O) groups is 2. The number of hydrogen-bond acceptors (Lipinski definition) is 4. The Balaban J connectivity index is 1.55. The van der Waals surface area contributed by atoms with Crippen LogP contribution in [-0.2, 0) is 17.9 Å². The van der Waals surface area contributed by atoms with E-state index in [1.54, 1.807) is 23.3 Å². The van der Waals surface area contributed by atoms with Gasteiger partial charge in [-0.2, -0.15) is 5.10 Å². The first-order chi connectivity index (χ1) is 13.0. The average molecular weight is 366 g/mol. The van der Waals surface area contributed by atoms with E-state index in [9.17, 15) is 9.59 Å². The number of aryl methyl sites for hydroxylation is 2. The van der Waals surface area contributed by atoms with E-state index < -0.39 is 0 Å². The standard InChI is InChI=1S/C19H22N6O2/c1-3-25-17(9-14(2)23-25)19(27)21-11-18(26)22-16-6-4-5-15(10-16)12-24-8-7-20-13-24/h4-10,13H,3,11-12H2,1-2H3,(H,21,27)(H,22,26). The maximum absolute atomic E-state index is 12.3. The van der Waals surface area contributed by atoms with Crippen LogP contribution in [-0.4, -0.2) is 37.7 Å². The van der Waals surface area contributed by atoms with Crippen molar-refractivity contribution in [2.24, 2.45) is 0 Å². The van der Waals surface area contributed by atoms with E-state index in [-0.39, 0.29) is 18.4 Å². The van der Waals surface area contributed by atoms with Crippen molar-refractivity contribution in [3.63, 3.8) is 0 Å². The van der Waals surface area contributed by atoms with Gasteiger partial charge < -0.3 is 15.2 Å². The van der Waals surface area contributed by atoms with E-state index in [0.29, 0.717) is 24.5 Å². The average Bonchev–Trinajstić information content (AvgIpc) is 3.29. The highest BCUT2D eigenvalue weighted by atomic mass is 16.2. The normalized spacial score (nSPS) is 10.6. The van der Waals surface area contributed by atoms with E-state index in [4.69, 9.17) is 0 Å². The smallest absolute Gasteiger partial charge is 0.269 e.